The average Bonchev–Trinajstić information content (AvgIpc) is 3.11. The summed E-state index contributed by atoms with van der Waals surface area (Å²) >= 11 is 0. The molecule has 0 fully saturated rings. The van der Waals surface area contributed by atoms with Crippen LogP contribution in [0.15, 0.2) is 76.2 Å². The van der Waals surface area contributed by atoms with Crippen LogP contribution in [0.1, 0.15) is 28.4 Å². The van der Waals surface area contributed by atoms with Gasteiger partial charge in [0.15, 0.2) is 0 Å². The number of rotatable bonds is 6. The minimum Gasteiger partial charge on any atom is -0.469 e. The van der Waals surface area contributed by atoms with E-state index in [1.54, 1.807) is 30.5 Å². The minimum absolute atomic E-state index is 0.184. The Bertz CT molecular complexity index is 912. The molecule has 130 valence electrons. The van der Waals surface area contributed by atoms with Crippen molar-refractivity contribution in [2.75, 3.05) is 6.54 Å². The monoisotopic (exact) mass is 355 g/mol. The van der Waals surface area contributed by atoms with Crippen molar-refractivity contribution in [3.05, 3.63) is 89.4 Å². The molecule has 0 saturated carbocycles. The molecule has 3 aromatic rings. The number of hydrogen-bond acceptors (Lipinski definition) is 3. The van der Waals surface area contributed by atoms with E-state index in [4.69, 9.17) is 4.42 Å². The third-order valence-electron chi connectivity index (χ3n) is 4.18. The summed E-state index contributed by atoms with van der Waals surface area (Å²) in [5.41, 5.74) is 3.18. The first kappa shape index (κ1) is 17.5. The maximum Gasteiger partial charge on any atom is 0.240 e. The zero-order valence-electron chi connectivity index (χ0n) is 14.3. The van der Waals surface area contributed by atoms with Crippen molar-refractivity contribution in [1.82, 2.24) is 4.72 Å². The second-order valence-corrected chi connectivity index (χ2v) is 7.91. The molecule has 0 bridgehead atoms. The van der Waals surface area contributed by atoms with E-state index in [9.17, 15) is 8.42 Å². The number of nitrogens with one attached hydrogen (secondary N) is 1. The Morgan fingerprint density at radius 1 is 0.920 bits per heavy atom. The second-order valence-electron chi connectivity index (χ2n) is 6.14. The molecule has 0 aliphatic heterocycles. The van der Waals surface area contributed by atoms with Gasteiger partial charge in [0.05, 0.1) is 17.1 Å². The van der Waals surface area contributed by atoms with Gasteiger partial charge >= 0.3 is 0 Å². The molecule has 0 amide bonds. The highest BCUT2D eigenvalue weighted by Crippen LogP contribution is 2.25. The van der Waals surface area contributed by atoms with Crippen molar-refractivity contribution in [2.24, 2.45) is 0 Å². The summed E-state index contributed by atoms with van der Waals surface area (Å²) in [5, 5.41) is 0. The van der Waals surface area contributed by atoms with Crippen molar-refractivity contribution >= 4 is 10.0 Å². The smallest absolute Gasteiger partial charge is 0.240 e. The van der Waals surface area contributed by atoms with Gasteiger partial charge in [-0.2, -0.15) is 0 Å². The summed E-state index contributed by atoms with van der Waals surface area (Å²) in [5.74, 6) is 0.547. The van der Waals surface area contributed by atoms with Crippen LogP contribution in [-0.2, 0) is 10.0 Å². The molecule has 3 rings (SSSR count). The highest BCUT2D eigenvalue weighted by molar-refractivity contribution is 7.89. The standard InChI is InChI=1S/C20H21NO3S/c1-15-5-9-17(10-6-15)19(20-4-3-13-24-20)14-21-25(22,23)18-11-7-16(2)8-12-18/h3-13,19,21H,14H2,1-2H3. The van der Waals surface area contributed by atoms with Gasteiger partial charge in [-0.1, -0.05) is 47.5 Å². The summed E-state index contributed by atoms with van der Waals surface area (Å²) < 4.78 is 33.4. The van der Waals surface area contributed by atoms with Crippen LogP contribution >= 0.6 is 0 Å². The number of sulfonamides is 1. The second kappa shape index (κ2) is 7.25. The zero-order valence-corrected chi connectivity index (χ0v) is 15.1. The predicted molar refractivity (Wildman–Crippen MR) is 98.1 cm³/mol. The minimum atomic E-state index is -3.57. The first-order valence-corrected chi connectivity index (χ1v) is 9.60. The van der Waals surface area contributed by atoms with Gasteiger partial charge in [-0.25, -0.2) is 13.1 Å². The van der Waals surface area contributed by atoms with Crippen molar-refractivity contribution < 1.29 is 12.8 Å². The summed E-state index contributed by atoms with van der Waals surface area (Å²) in [6.07, 6.45) is 1.60. The molecular formula is C20H21NO3S. The van der Waals surface area contributed by atoms with Gasteiger partial charge in [-0.15, -0.1) is 0 Å². The fourth-order valence-electron chi connectivity index (χ4n) is 2.66. The van der Waals surface area contributed by atoms with Crippen molar-refractivity contribution in [3.8, 4) is 0 Å². The molecule has 1 unspecified atom stereocenters. The van der Waals surface area contributed by atoms with Gasteiger partial charge in [-0.3, -0.25) is 0 Å². The molecule has 0 saturated heterocycles. The maximum atomic E-state index is 12.6. The number of furan rings is 1. The van der Waals surface area contributed by atoms with Crippen LogP contribution < -0.4 is 4.72 Å². The van der Waals surface area contributed by atoms with E-state index < -0.39 is 10.0 Å². The quantitative estimate of drug-likeness (QED) is 0.727. The highest BCUT2D eigenvalue weighted by atomic mass is 32.2. The molecule has 1 aromatic heterocycles. The number of aryl methyl sites for hydroxylation is 2. The summed E-state index contributed by atoms with van der Waals surface area (Å²) in [6.45, 7) is 4.17. The molecule has 0 radical (unpaired) electrons. The van der Waals surface area contributed by atoms with Gasteiger partial charge in [0.2, 0.25) is 10.0 Å². The van der Waals surface area contributed by atoms with E-state index >= 15 is 0 Å². The van der Waals surface area contributed by atoms with Crippen LogP contribution in [0.5, 0.6) is 0 Å². The molecule has 4 nitrogen and oxygen atoms in total. The van der Waals surface area contributed by atoms with Crippen LogP contribution in [0.25, 0.3) is 0 Å². The molecule has 0 spiro atoms. The number of hydrogen-bond donors (Lipinski definition) is 1. The van der Waals surface area contributed by atoms with E-state index in [2.05, 4.69) is 4.72 Å². The van der Waals surface area contributed by atoms with Crippen LogP contribution in [0.3, 0.4) is 0 Å². The van der Waals surface area contributed by atoms with Crippen molar-refractivity contribution in [1.29, 1.82) is 0 Å². The lowest BCUT2D eigenvalue weighted by atomic mass is 9.96. The van der Waals surface area contributed by atoms with Crippen LogP contribution in [0.2, 0.25) is 0 Å². The molecule has 0 aliphatic carbocycles. The zero-order chi connectivity index (χ0) is 17.9. The normalized spacial score (nSPS) is 12.9. The lowest BCUT2D eigenvalue weighted by molar-refractivity contribution is 0.481. The lowest BCUT2D eigenvalue weighted by Gasteiger charge is -2.16. The summed E-state index contributed by atoms with van der Waals surface area (Å²) in [6, 6.07) is 18.5. The Labute approximate surface area is 148 Å². The third-order valence-corrected chi connectivity index (χ3v) is 5.61. The summed E-state index contributed by atoms with van der Waals surface area (Å²) in [4.78, 5) is 0.264. The highest BCUT2D eigenvalue weighted by Gasteiger charge is 2.21. The van der Waals surface area contributed by atoms with Crippen LogP contribution in [0, 0.1) is 13.8 Å². The topological polar surface area (TPSA) is 59.3 Å². The van der Waals surface area contributed by atoms with Gasteiger partial charge in [0.25, 0.3) is 0 Å². The molecule has 1 N–H and O–H groups in total. The SMILES string of the molecule is Cc1ccc(C(CNS(=O)(=O)c2ccc(C)cc2)c2ccco2)cc1. The third kappa shape index (κ3) is 4.18. The fourth-order valence-corrected chi connectivity index (χ4v) is 3.71. The van der Waals surface area contributed by atoms with Gasteiger partial charge in [-0.05, 0) is 43.7 Å². The largest absolute Gasteiger partial charge is 0.469 e. The van der Waals surface area contributed by atoms with E-state index in [0.29, 0.717) is 0 Å². The molecule has 25 heavy (non-hydrogen) atoms. The van der Waals surface area contributed by atoms with Crippen molar-refractivity contribution in [3.63, 3.8) is 0 Å². The van der Waals surface area contributed by atoms with E-state index in [1.807, 2.05) is 50.2 Å². The fraction of sp³-hybridized carbons (Fsp3) is 0.200. The lowest BCUT2D eigenvalue weighted by Crippen LogP contribution is -2.29. The van der Waals surface area contributed by atoms with Gasteiger partial charge in [0.1, 0.15) is 5.76 Å². The average molecular weight is 355 g/mol. The first-order valence-electron chi connectivity index (χ1n) is 8.12. The Kier molecular flexibility index (Phi) is 5.06. The number of benzene rings is 2. The van der Waals surface area contributed by atoms with Crippen LogP contribution in [0.4, 0.5) is 0 Å². The Morgan fingerprint density at radius 2 is 1.52 bits per heavy atom. The molecule has 2 aromatic carbocycles. The molecule has 1 atom stereocenters. The van der Waals surface area contributed by atoms with Crippen LogP contribution in [-0.4, -0.2) is 15.0 Å². The molecule has 5 heteroatoms. The molecular weight excluding hydrogens is 334 g/mol. The molecule has 0 aliphatic rings. The van der Waals surface area contributed by atoms with Gasteiger partial charge < -0.3 is 4.42 Å². The van der Waals surface area contributed by atoms with E-state index in [0.717, 1.165) is 22.5 Å². The maximum absolute atomic E-state index is 12.6. The first-order chi connectivity index (χ1) is 12.0. The van der Waals surface area contributed by atoms with Gasteiger partial charge in [0, 0.05) is 6.54 Å². The van der Waals surface area contributed by atoms with Crippen molar-refractivity contribution in [2.45, 2.75) is 24.7 Å². The van der Waals surface area contributed by atoms with E-state index in [1.165, 1.54) is 0 Å². The Hall–Kier alpha value is -2.37. The predicted octanol–water partition coefficient (Wildman–Crippen LogP) is 4.01. The Balaban J connectivity index is 1.83. The molecule has 1 heterocycles. The van der Waals surface area contributed by atoms with E-state index in [-0.39, 0.29) is 17.4 Å². The summed E-state index contributed by atoms with van der Waals surface area (Å²) in [7, 11) is -3.57. The Morgan fingerprint density at radius 3 is 2.08 bits per heavy atom.